The number of hydrogen-bond donors (Lipinski definition) is 2. The summed E-state index contributed by atoms with van der Waals surface area (Å²) in [5, 5.41) is 13.8. The molecule has 0 heterocycles. The summed E-state index contributed by atoms with van der Waals surface area (Å²) >= 11 is 6.06. The van der Waals surface area contributed by atoms with E-state index in [-0.39, 0.29) is 18.5 Å². The van der Waals surface area contributed by atoms with E-state index in [0.29, 0.717) is 16.1 Å². The maximum Gasteiger partial charge on any atom is 0.269 e. The molecule has 130 valence electrons. The van der Waals surface area contributed by atoms with E-state index >= 15 is 0 Å². The molecule has 0 aliphatic heterocycles. The first-order chi connectivity index (χ1) is 11.9. The van der Waals surface area contributed by atoms with Crippen LogP contribution in [0.25, 0.3) is 0 Å². The molecule has 2 aromatic rings. The van der Waals surface area contributed by atoms with Crippen molar-refractivity contribution in [1.82, 2.24) is 5.32 Å². The van der Waals surface area contributed by atoms with Crippen molar-refractivity contribution in [3.8, 4) is 0 Å². The van der Waals surface area contributed by atoms with E-state index in [1.54, 1.807) is 30.3 Å². The van der Waals surface area contributed by atoms with Gasteiger partial charge in [-0.25, -0.2) is 0 Å². The number of nitrogens with zero attached hydrogens (tertiary/aromatic N) is 1. The number of carbonyl (C=O) groups is 2. The maximum absolute atomic E-state index is 12.2. The van der Waals surface area contributed by atoms with E-state index in [2.05, 4.69) is 5.32 Å². The fourth-order valence-electron chi connectivity index (χ4n) is 2.32. The van der Waals surface area contributed by atoms with Crippen molar-refractivity contribution in [2.75, 3.05) is 0 Å². The highest BCUT2D eigenvalue weighted by Gasteiger charge is 2.20. The number of nitrogens with one attached hydrogen (secondary N) is 1. The van der Waals surface area contributed by atoms with Crippen molar-refractivity contribution in [2.45, 2.75) is 18.9 Å². The number of hydrogen-bond acceptors (Lipinski definition) is 4. The van der Waals surface area contributed by atoms with Gasteiger partial charge in [0.2, 0.25) is 11.8 Å². The lowest BCUT2D eigenvalue weighted by Gasteiger charge is -2.16. The number of nitrogens with two attached hydrogens (primary N) is 1. The zero-order valence-electron chi connectivity index (χ0n) is 13.1. The number of rotatable bonds is 7. The van der Waals surface area contributed by atoms with Gasteiger partial charge >= 0.3 is 0 Å². The smallest absolute Gasteiger partial charge is 0.269 e. The summed E-state index contributed by atoms with van der Waals surface area (Å²) in [6, 6.07) is 11.8. The summed E-state index contributed by atoms with van der Waals surface area (Å²) in [4.78, 5) is 34.0. The predicted molar refractivity (Wildman–Crippen MR) is 93.1 cm³/mol. The molecule has 8 heteroatoms. The second kappa shape index (κ2) is 8.25. The van der Waals surface area contributed by atoms with Gasteiger partial charge in [0.1, 0.15) is 6.04 Å². The lowest BCUT2D eigenvalue weighted by Crippen LogP contribution is -2.46. The van der Waals surface area contributed by atoms with Crippen LogP contribution in [-0.2, 0) is 22.4 Å². The van der Waals surface area contributed by atoms with Gasteiger partial charge in [-0.05, 0) is 17.2 Å². The van der Waals surface area contributed by atoms with E-state index in [4.69, 9.17) is 17.3 Å². The molecule has 0 aliphatic carbocycles. The zero-order chi connectivity index (χ0) is 18.4. The van der Waals surface area contributed by atoms with Gasteiger partial charge in [-0.15, -0.1) is 0 Å². The quantitative estimate of drug-likeness (QED) is 0.579. The minimum Gasteiger partial charge on any atom is -0.368 e. The number of non-ortho nitro benzene ring substituents is 1. The van der Waals surface area contributed by atoms with Crippen LogP contribution in [0.4, 0.5) is 5.69 Å². The van der Waals surface area contributed by atoms with E-state index in [9.17, 15) is 19.7 Å². The molecule has 7 nitrogen and oxygen atoms in total. The Balaban J connectivity index is 2.05. The molecule has 2 aromatic carbocycles. The number of nitro groups is 1. The summed E-state index contributed by atoms with van der Waals surface area (Å²) in [5.74, 6) is -1.15. The first-order valence-corrected chi connectivity index (χ1v) is 7.80. The fraction of sp³-hybridized carbons (Fsp3) is 0.176. The SMILES string of the molecule is NC(=O)[C@@H](Cc1ccccc1Cl)NC(=O)Cc1cccc([N+](=O)[O-])c1. The molecule has 0 spiro atoms. The van der Waals surface area contributed by atoms with Crippen LogP contribution >= 0.6 is 11.6 Å². The van der Waals surface area contributed by atoms with Crippen molar-refractivity contribution >= 4 is 29.1 Å². The molecule has 0 fully saturated rings. The van der Waals surface area contributed by atoms with Crippen LogP contribution in [0.2, 0.25) is 5.02 Å². The van der Waals surface area contributed by atoms with Crippen LogP contribution in [0.15, 0.2) is 48.5 Å². The maximum atomic E-state index is 12.2. The standard InChI is InChI=1S/C17H16ClN3O4/c18-14-7-2-1-5-12(14)10-15(17(19)23)20-16(22)9-11-4-3-6-13(8-11)21(24)25/h1-8,15H,9-10H2,(H2,19,23)(H,20,22)/t15-/m1/s1. The van der Waals surface area contributed by atoms with Crippen LogP contribution < -0.4 is 11.1 Å². The summed E-state index contributed by atoms with van der Waals surface area (Å²) in [5.41, 5.74) is 6.40. The normalized spacial score (nSPS) is 11.6. The Kier molecular flexibility index (Phi) is 6.08. The second-order valence-corrected chi connectivity index (χ2v) is 5.83. The van der Waals surface area contributed by atoms with Gasteiger partial charge in [-0.2, -0.15) is 0 Å². The minimum absolute atomic E-state index is 0.103. The van der Waals surface area contributed by atoms with Gasteiger partial charge in [0.05, 0.1) is 11.3 Å². The molecule has 1 atom stereocenters. The van der Waals surface area contributed by atoms with E-state index in [0.717, 1.165) is 0 Å². The molecule has 2 rings (SSSR count). The number of benzene rings is 2. The van der Waals surface area contributed by atoms with Crippen LogP contribution in [0.1, 0.15) is 11.1 Å². The van der Waals surface area contributed by atoms with Crippen LogP contribution in [0, 0.1) is 10.1 Å². The topological polar surface area (TPSA) is 115 Å². The molecule has 0 bridgehead atoms. The Morgan fingerprint density at radius 2 is 1.92 bits per heavy atom. The molecular formula is C17H16ClN3O4. The average molecular weight is 362 g/mol. The van der Waals surface area contributed by atoms with Crippen LogP contribution in [-0.4, -0.2) is 22.8 Å². The van der Waals surface area contributed by atoms with Gasteiger partial charge in [0, 0.05) is 23.6 Å². The van der Waals surface area contributed by atoms with E-state index < -0.39 is 22.8 Å². The molecule has 0 saturated carbocycles. The molecule has 0 aliphatic rings. The lowest BCUT2D eigenvalue weighted by atomic mass is 10.0. The zero-order valence-corrected chi connectivity index (χ0v) is 13.9. The highest BCUT2D eigenvalue weighted by molar-refractivity contribution is 6.31. The largest absolute Gasteiger partial charge is 0.368 e. The highest BCUT2D eigenvalue weighted by atomic mass is 35.5. The van der Waals surface area contributed by atoms with Crippen LogP contribution in [0.5, 0.6) is 0 Å². The van der Waals surface area contributed by atoms with Gasteiger partial charge in [-0.3, -0.25) is 19.7 Å². The van der Waals surface area contributed by atoms with Crippen LogP contribution in [0.3, 0.4) is 0 Å². The minimum atomic E-state index is -0.925. The predicted octanol–water partition coefficient (Wildman–Crippen LogP) is 2.00. The lowest BCUT2D eigenvalue weighted by molar-refractivity contribution is -0.384. The fourth-order valence-corrected chi connectivity index (χ4v) is 2.53. The summed E-state index contributed by atoms with van der Waals surface area (Å²) in [7, 11) is 0. The Morgan fingerprint density at radius 1 is 1.20 bits per heavy atom. The van der Waals surface area contributed by atoms with Crippen molar-refractivity contribution in [2.24, 2.45) is 5.73 Å². The number of primary amides is 1. The highest BCUT2D eigenvalue weighted by Crippen LogP contribution is 2.17. The van der Waals surface area contributed by atoms with Gasteiger partial charge in [0.15, 0.2) is 0 Å². The Morgan fingerprint density at radius 3 is 2.56 bits per heavy atom. The molecular weight excluding hydrogens is 346 g/mol. The third-order valence-corrected chi connectivity index (χ3v) is 3.92. The summed E-state index contributed by atoms with van der Waals surface area (Å²) in [6.45, 7) is 0. The Bertz CT molecular complexity index is 810. The molecule has 0 unspecified atom stereocenters. The Labute approximate surface area is 148 Å². The van der Waals surface area contributed by atoms with Gasteiger partial charge in [0.25, 0.3) is 5.69 Å². The van der Waals surface area contributed by atoms with Crippen molar-refractivity contribution in [3.05, 3.63) is 74.8 Å². The average Bonchev–Trinajstić information content (AvgIpc) is 2.56. The van der Waals surface area contributed by atoms with Gasteiger partial charge in [-0.1, -0.05) is 41.9 Å². The monoisotopic (exact) mass is 361 g/mol. The number of halogens is 1. The molecule has 0 aromatic heterocycles. The van der Waals surface area contributed by atoms with Crippen molar-refractivity contribution in [3.63, 3.8) is 0 Å². The third-order valence-electron chi connectivity index (χ3n) is 3.55. The molecule has 0 saturated heterocycles. The number of nitro benzene ring substituents is 1. The first-order valence-electron chi connectivity index (χ1n) is 7.42. The molecule has 0 radical (unpaired) electrons. The third kappa shape index (κ3) is 5.29. The molecule has 2 amide bonds. The number of carbonyl (C=O) groups excluding carboxylic acids is 2. The number of amides is 2. The first kappa shape index (κ1) is 18.4. The van der Waals surface area contributed by atoms with Crippen molar-refractivity contribution in [1.29, 1.82) is 0 Å². The summed E-state index contributed by atoms with van der Waals surface area (Å²) in [6.07, 6.45) is 0.0592. The molecule has 3 N–H and O–H groups in total. The van der Waals surface area contributed by atoms with E-state index in [1.807, 2.05) is 0 Å². The summed E-state index contributed by atoms with van der Waals surface area (Å²) < 4.78 is 0. The molecule has 25 heavy (non-hydrogen) atoms. The Hall–Kier alpha value is -2.93. The van der Waals surface area contributed by atoms with Crippen molar-refractivity contribution < 1.29 is 14.5 Å². The van der Waals surface area contributed by atoms with Gasteiger partial charge < -0.3 is 11.1 Å². The van der Waals surface area contributed by atoms with E-state index in [1.165, 1.54) is 18.2 Å². The second-order valence-electron chi connectivity index (χ2n) is 5.42.